The minimum Gasteiger partial charge on any atom is -0.383 e. The highest BCUT2D eigenvalue weighted by Crippen LogP contribution is 2.38. The highest BCUT2D eigenvalue weighted by atomic mass is 19.4. The van der Waals surface area contributed by atoms with Crippen molar-refractivity contribution in [3.05, 3.63) is 77.4 Å². The molecule has 0 saturated carbocycles. The number of nitrogens with two attached hydrogens (primary N) is 1. The van der Waals surface area contributed by atoms with Crippen LogP contribution >= 0.6 is 0 Å². The van der Waals surface area contributed by atoms with Crippen LogP contribution < -0.4 is 5.73 Å². The number of hydrogen-bond acceptors (Lipinski definition) is 6. The van der Waals surface area contributed by atoms with E-state index in [1.807, 2.05) is 0 Å². The predicted octanol–water partition coefficient (Wildman–Crippen LogP) is 4.20. The normalized spacial score (nSPS) is 12.0. The molecule has 0 bridgehead atoms. The number of nitrogen functional groups attached to an aromatic ring is 1. The van der Waals surface area contributed by atoms with Gasteiger partial charge in [0, 0.05) is 48.7 Å². The van der Waals surface area contributed by atoms with Crippen LogP contribution in [0.5, 0.6) is 0 Å². The summed E-state index contributed by atoms with van der Waals surface area (Å²) in [7, 11) is 1.33. The van der Waals surface area contributed by atoms with Crippen LogP contribution in [0.15, 0.2) is 42.9 Å². The SMILES string of the molecule is Cn1cc(-c2cnc(-c3nc(Cc4c(F)ccc(F)c4F)n4ncccc34)nc2N)c(C(F)(F)F)n1. The van der Waals surface area contributed by atoms with Crippen LogP contribution in [0.2, 0.25) is 0 Å². The molecule has 0 amide bonds. The highest BCUT2D eigenvalue weighted by molar-refractivity contribution is 5.79. The van der Waals surface area contributed by atoms with Crippen LogP contribution in [-0.4, -0.2) is 34.3 Å². The Hall–Kier alpha value is -4.49. The van der Waals surface area contributed by atoms with Crippen molar-refractivity contribution in [3.8, 4) is 22.6 Å². The third-order valence-corrected chi connectivity index (χ3v) is 5.37. The Balaban J connectivity index is 1.61. The number of anilines is 1. The Morgan fingerprint density at radius 2 is 1.75 bits per heavy atom. The van der Waals surface area contributed by atoms with Crippen molar-refractivity contribution in [2.75, 3.05) is 5.73 Å². The minimum absolute atomic E-state index is 0.0434. The zero-order chi connectivity index (χ0) is 25.8. The second-order valence-electron chi connectivity index (χ2n) is 7.75. The van der Waals surface area contributed by atoms with E-state index in [1.165, 1.54) is 17.8 Å². The number of benzene rings is 1. The maximum Gasteiger partial charge on any atom is 0.435 e. The van der Waals surface area contributed by atoms with Crippen LogP contribution in [0.25, 0.3) is 28.2 Å². The fraction of sp³-hybridized carbons (Fsp3) is 0.136. The molecule has 2 N–H and O–H groups in total. The van der Waals surface area contributed by atoms with Crippen LogP contribution in [0, 0.1) is 17.5 Å². The number of fused-ring (bicyclic) bond motifs is 1. The van der Waals surface area contributed by atoms with Gasteiger partial charge in [-0.25, -0.2) is 32.6 Å². The summed E-state index contributed by atoms with van der Waals surface area (Å²) in [6.45, 7) is 0. The van der Waals surface area contributed by atoms with Gasteiger partial charge in [0.1, 0.15) is 23.2 Å². The van der Waals surface area contributed by atoms with Crippen LogP contribution in [0.1, 0.15) is 17.1 Å². The summed E-state index contributed by atoms with van der Waals surface area (Å²) in [5, 5.41) is 7.58. The minimum atomic E-state index is -4.73. The van der Waals surface area contributed by atoms with Gasteiger partial charge in [0.15, 0.2) is 23.2 Å². The lowest BCUT2D eigenvalue weighted by molar-refractivity contribution is -0.140. The number of halogens is 6. The van der Waals surface area contributed by atoms with Gasteiger partial charge in [0.25, 0.3) is 0 Å². The smallest absolute Gasteiger partial charge is 0.383 e. The topological polar surface area (TPSA) is 99.8 Å². The molecule has 0 unspecified atom stereocenters. The van der Waals surface area contributed by atoms with Crippen LogP contribution in [0.3, 0.4) is 0 Å². The van der Waals surface area contributed by atoms with Crippen molar-refractivity contribution >= 4 is 11.3 Å². The molecule has 4 heterocycles. The van der Waals surface area contributed by atoms with Gasteiger partial charge >= 0.3 is 6.18 Å². The average Bonchev–Trinajstić information content (AvgIpc) is 3.40. The zero-order valence-electron chi connectivity index (χ0n) is 18.2. The van der Waals surface area contributed by atoms with Crippen molar-refractivity contribution in [2.45, 2.75) is 12.6 Å². The number of hydrogen-bond donors (Lipinski definition) is 1. The van der Waals surface area contributed by atoms with E-state index < -0.39 is 41.3 Å². The lowest BCUT2D eigenvalue weighted by atomic mass is 10.1. The lowest BCUT2D eigenvalue weighted by Crippen LogP contribution is -2.09. The molecule has 0 saturated heterocycles. The molecule has 0 atom stereocenters. The van der Waals surface area contributed by atoms with E-state index in [4.69, 9.17) is 5.73 Å². The maximum absolute atomic E-state index is 14.3. The molecule has 1 aromatic carbocycles. The van der Waals surface area contributed by atoms with Crippen molar-refractivity contribution in [1.82, 2.24) is 34.3 Å². The zero-order valence-corrected chi connectivity index (χ0v) is 18.2. The molecular weight excluding hydrogens is 490 g/mol. The number of alkyl halides is 3. The number of aryl methyl sites for hydroxylation is 1. The standard InChI is InChI=1S/C22H14F6N8/c1-35-9-12(19(34-35)22(26,27)28)11-8-30-21(33-20(11)29)18-15-3-2-6-31-36(15)16(32-18)7-10-13(23)4-5-14(24)17(10)25/h2-6,8-9H,7H2,1H3,(H2,29,30,33). The highest BCUT2D eigenvalue weighted by Gasteiger charge is 2.38. The van der Waals surface area contributed by atoms with Gasteiger partial charge in [-0.1, -0.05) is 0 Å². The molecule has 0 spiro atoms. The van der Waals surface area contributed by atoms with Gasteiger partial charge in [0.2, 0.25) is 0 Å². The molecule has 0 aliphatic carbocycles. The first-order chi connectivity index (χ1) is 17.0. The number of aromatic nitrogens is 7. The molecule has 5 rings (SSSR count). The second-order valence-corrected chi connectivity index (χ2v) is 7.75. The summed E-state index contributed by atoms with van der Waals surface area (Å²) in [6, 6.07) is 4.62. The molecule has 0 aliphatic heterocycles. The molecular formula is C22H14F6N8. The van der Waals surface area contributed by atoms with Gasteiger partial charge in [-0.2, -0.15) is 23.4 Å². The molecule has 36 heavy (non-hydrogen) atoms. The van der Waals surface area contributed by atoms with Gasteiger partial charge in [-0.3, -0.25) is 4.68 Å². The average molecular weight is 504 g/mol. The molecule has 0 radical (unpaired) electrons. The van der Waals surface area contributed by atoms with Gasteiger partial charge < -0.3 is 5.73 Å². The van der Waals surface area contributed by atoms with E-state index in [0.717, 1.165) is 23.1 Å². The molecule has 4 aromatic heterocycles. The van der Waals surface area contributed by atoms with E-state index in [9.17, 15) is 26.3 Å². The summed E-state index contributed by atoms with van der Waals surface area (Å²) >= 11 is 0. The van der Waals surface area contributed by atoms with Crippen molar-refractivity contribution in [2.24, 2.45) is 7.05 Å². The number of nitrogens with zero attached hydrogens (tertiary/aromatic N) is 7. The second kappa shape index (κ2) is 8.32. The third-order valence-electron chi connectivity index (χ3n) is 5.37. The number of imidazole rings is 1. The molecule has 0 aliphatic rings. The van der Waals surface area contributed by atoms with Crippen LogP contribution in [0.4, 0.5) is 32.2 Å². The van der Waals surface area contributed by atoms with Gasteiger partial charge in [0.05, 0.1) is 5.52 Å². The Labute approximate surface area is 198 Å². The largest absolute Gasteiger partial charge is 0.435 e. The van der Waals surface area contributed by atoms with E-state index in [1.54, 1.807) is 12.1 Å². The molecule has 5 aromatic rings. The first-order valence-electron chi connectivity index (χ1n) is 10.2. The van der Waals surface area contributed by atoms with Crippen molar-refractivity contribution < 1.29 is 26.3 Å². The molecule has 14 heteroatoms. The van der Waals surface area contributed by atoms with E-state index in [0.29, 0.717) is 11.6 Å². The van der Waals surface area contributed by atoms with Crippen molar-refractivity contribution in [1.29, 1.82) is 0 Å². The summed E-state index contributed by atoms with van der Waals surface area (Å²) in [5.41, 5.74) is 4.34. The Kier molecular flexibility index (Phi) is 5.38. The van der Waals surface area contributed by atoms with Gasteiger partial charge in [-0.15, -0.1) is 0 Å². The maximum atomic E-state index is 14.3. The molecule has 0 fully saturated rings. The quantitative estimate of drug-likeness (QED) is 0.291. The lowest BCUT2D eigenvalue weighted by Gasteiger charge is -2.08. The summed E-state index contributed by atoms with van der Waals surface area (Å²) in [4.78, 5) is 12.6. The predicted molar refractivity (Wildman–Crippen MR) is 115 cm³/mol. The Morgan fingerprint density at radius 3 is 2.47 bits per heavy atom. The molecule has 8 nitrogen and oxygen atoms in total. The van der Waals surface area contributed by atoms with E-state index in [-0.39, 0.29) is 34.3 Å². The summed E-state index contributed by atoms with van der Waals surface area (Å²) in [5.74, 6) is -3.84. The van der Waals surface area contributed by atoms with Crippen molar-refractivity contribution in [3.63, 3.8) is 0 Å². The summed E-state index contributed by atoms with van der Waals surface area (Å²) in [6.07, 6.45) is -1.53. The first kappa shape index (κ1) is 23.3. The fourth-order valence-electron chi connectivity index (χ4n) is 3.77. The first-order valence-corrected chi connectivity index (χ1v) is 10.2. The monoisotopic (exact) mass is 504 g/mol. The fourth-order valence-corrected chi connectivity index (χ4v) is 3.77. The molecule has 184 valence electrons. The van der Waals surface area contributed by atoms with E-state index in [2.05, 4.69) is 25.1 Å². The van der Waals surface area contributed by atoms with Gasteiger partial charge in [-0.05, 0) is 24.3 Å². The van der Waals surface area contributed by atoms with Crippen LogP contribution in [-0.2, 0) is 19.6 Å². The summed E-state index contributed by atoms with van der Waals surface area (Å²) < 4.78 is 84.7. The third kappa shape index (κ3) is 3.89. The van der Waals surface area contributed by atoms with E-state index >= 15 is 0 Å². The number of rotatable bonds is 4. The Morgan fingerprint density at radius 1 is 1.00 bits per heavy atom. The Bertz CT molecular complexity index is 1620.